The summed E-state index contributed by atoms with van der Waals surface area (Å²) in [6.07, 6.45) is -3.30. The van der Waals surface area contributed by atoms with Crippen LogP contribution in [0.2, 0.25) is 0 Å². The minimum Gasteiger partial charge on any atom is -0.493 e. The summed E-state index contributed by atoms with van der Waals surface area (Å²) in [6, 6.07) is 1.41. The number of rotatable bonds is 5. The van der Waals surface area contributed by atoms with E-state index in [0.29, 0.717) is 23.6 Å². The van der Waals surface area contributed by atoms with Crippen molar-refractivity contribution in [2.45, 2.75) is 15.4 Å². The third-order valence-electron chi connectivity index (χ3n) is 3.25. The maximum absolute atomic E-state index is 12.7. The Morgan fingerprint density at radius 3 is 2.32 bits per heavy atom. The molecule has 0 bridgehead atoms. The van der Waals surface area contributed by atoms with E-state index in [2.05, 4.69) is 13.5 Å². The summed E-state index contributed by atoms with van der Waals surface area (Å²) in [5, 5.41) is 0.716. The Bertz CT molecular complexity index is 1110. The SMILES string of the molecule is COC(=O)c1csc(S(=O)(=O)N=[S@](C)(=O)c2ccc(C(F)(F)F)cn2)c1OC. The van der Waals surface area contributed by atoms with Gasteiger partial charge in [0.25, 0.3) is 0 Å². The Hall–Kier alpha value is -2.19. The first-order chi connectivity index (χ1) is 12.8. The Labute approximate surface area is 162 Å². The molecular formula is C14H13F3N2O6S3. The maximum Gasteiger partial charge on any atom is 0.417 e. The molecule has 2 aromatic heterocycles. The number of carbonyl (C=O) groups is 1. The molecule has 28 heavy (non-hydrogen) atoms. The van der Waals surface area contributed by atoms with Crippen LogP contribution in [0.3, 0.4) is 0 Å². The van der Waals surface area contributed by atoms with E-state index in [4.69, 9.17) is 4.74 Å². The summed E-state index contributed by atoms with van der Waals surface area (Å²) >= 11 is 0.591. The highest BCUT2D eigenvalue weighted by Crippen LogP contribution is 2.37. The van der Waals surface area contributed by atoms with Gasteiger partial charge in [0, 0.05) is 17.8 Å². The zero-order valence-corrected chi connectivity index (χ0v) is 17.0. The number of methoxy groups -OCH3 is 2. The number of ether oxygens (including phenoxy) is 2. The lowest BCUT2D eigenvalue weighted by Crippen LogP contribution is -2.09. The van der Waals surface area contributed by atoms with Crippen molar-refractivity contribution in [2.24, 2.45) is 3.77 Å². The molecule has 0 amide bonds. The van der Waals surface area contributed by atoms with Gasteiger partial charge in [-0.15, -0.1) is 15.1 Å². The Morgan fingerprint density at radius 1 is 1.21 bits per heavy atom. The fraction of sp³-hybridized carbons (Fsp3) is 0.286. The minimum absolute atomic E-state index is 0.168. The van der Waals surface area contributed by atoms with Gasteiger partial charge in [-0.05, 0) is 12.1 Å². The highest BCUT2D eigenvalue weighted by molar-refractivity contribution is 8.03. The predicted molar refractivity (Wildman–Crippen MR) is 93.4 cm³/mol. The molecule has 0 N–H and O–H groups in total. The molecule has 154 valence electrons. The molecule has 2 aromatic rings. The maximum atomic E-state index is 12.7. The lowest BCUT2D eigenvalue weighted by atomic mass is 10.3. The van der Waals surface area contributed by atoms with Crippen molar-refractivity contribution in [3.8, 4) is 5.75 Å². The summed E-state index contributed by atoms with van der Waals surface area (Å²) in [5.41, 5.74) is -1.25. The summed E-state index contributed by atoms with van der Waals surface area (Å²) in [5.74, 6) is -1.19. The first-order valence-electron chi connectivity index (χ1n) is 7.09. The Morgan fingerprint density at radius 2 is 1.86 bits per heavy atom. The van der Waals surface area contributed by atoms with Gasteiger partial charge in [-0.25, -0.2) is 14.0 Å². The number of nitrogens with zero attached hydrogens (tertiary/aromatic N) is 2. The second-order valence-corrected chi connectivity index (χ2v) is 10.3. The molecule has 0 unspecified atom stereocenters. The second kappa shape index (κ2) is 7.67. The van der Waals surface area contributed by atoms with Gasteiger partial charge in [-0.3, -0.25) is 0 Å². The van der Waals surface area contributed by atoms with Crippen molar-refractivity contribution in [3.63, 3.8) is 0 Å². The van der Waals surface area contributed by atoms with Crippen LogP contribution in [0.4, 0.5) is 13.2 Å². The monoisotopic (exact) mass is 458 g/mol. The number of carbonyl (C=O) groups excluding carboxylic acids is 1. The van der Waals surface area contributed by atoms with E-state index in [9.17, 15) is 30.6 Å². The van der Waals surface area contributed by atoms with Crippen LogP contribution in [0.1, 0.15) is 15.9 Å². The van der Waals surface area contributed by atoms with Crippen molar-refractivity contribution in [3.05, 3.63) is 34.8 Å². The molecule has 2 heterocycles. The van der Waals surface area contributed by atoms with Crippen LogP contribution in [-0.2, 0) is 30.7 Å². The van der Waals surface area contributed by atoms with Crippen LogP contribution in [0.25, 0.3) is 0 Å². The Kier molecular flexibility index (Phi) is 6.06. The predicted octanol–water partition coefficient (Wildman–Crippen LogP) is 2.80. The van der Waals surface area contributed by atoms with Crippen LogP contribution in [0.5, 0.6) is 5.75 Å². The lowest BCUT2D eigenvalue weighted by Gasteiger charge is -2.08. The third kappa shape index (κ3) is 4.44. The number of aromatic nitrogens is 1. The third-order valence-corrected chi connectivity index (χ3v) is 8.52. The van der Waals surface area contributed by atoms with Crippen LogP contribution in [0.15, 0.2) is 36.7 Å². The zero-order valence-electron chi connectivity index (χ0n) is 14.5. The van der Waals surface area contributed by atoms with Crippen molar-refractivity contribution in [1.29, 1.82) is 0 Å². The number of hydrogen-bond donors (Lipinski definition) is 0. The number of halogens is 3. The molecule has 2 rings (SSSR count). The molecule has 8 nitrogen and oxygen atoms in total. The smallest absolute Gasteiger partial charge is 0.417 e. The average Bonchev–Trinajstić information content (AvgIpc) is 3.04. The molecule has 0 aliphatic carbocycles. The van der Waals surface area contributed by atoms with Crippen molar-refractivity contribution in [2.75, 3.05) is 20.5 Å². The van der Waals surface area contributed by atoms with E-state index in [-0.39, 0.29) is 11.3 Å². The number of sulfonamides is 1. The summed E-state index contributed by atoms with van der Waals surface area (Å²) in [6.45, 7) is 0. The molecule has 0 fully saturated rings. The Balaban J connectivity index is 2.55. The zero-order chi connectivity index (χ0) is 21.3. The van der Waals surface area contributed by atoms with E-state index in [1.165, 1.54) is 5.38 Å². The number of alkyl halides is 3. The van der Waals surface area contributed by atoms with Gasteiger partial charge in [-0.1, -0.05) is 0 Å². The number of thiophene rings is 1. The molecular weight excluding hydrogens is 445 g/mol. The quantitative estimate of drug-likeness (QED) is 0.633. The van der Waals surface area contributed by atoms with Crippen LogP contribution < -0.4 is 4.74 Å². The van der Waals surface area contributed by atoms with E-state index in [0.717, 1.165) is 26.5 Å². The molecule has 14 heteroatoms. The molecule has 0 saturated carbocycles. The second-order valence-electron chi connectivity index (χ2n) is 5.20. The van der Waals surface area contributed by atoms with Crippen molar-refractivity contribution < 1.29 is 40.1 Å². The lowest BCUT2D eigenvalue weighted by molar-refractivity contribution is -0.137. The first-order valence-corrected chi connectivity index (χ1v) is 11.3. The van der Waals surface area contributed by atoms with Crippen LogP contribution in [-0.4, -0.2) is 44.1 Å². The van der Waals surface area contributed by atoms with E-state index in [1.807, 2.05) is 0 Å². The summed E-state index contributed by atoms with van der Waals surface area (Å²) in [7, 11) is -6.11. The molecule has 0 saturated heterocycles. The number of esters is 1. The van der Waals surface area contributed by atoms with Crippen LogP contribution >= 0.6 is 11.3 Å². The summed E-state index contributed by atoms with van der Waals surface area (Å²) in [4.78, 5) is 15.1. The molecule has 1 atom stereocenters. The highest BCUT2D eigenvalue weighted by Gasteiger charge is 2.32. The van der Waals surface area contributed by atoms with Gasteiger partial charge in [0.15, 0.2) is 9.96 Å². The van der Waals surface area contributed by atoms with Crippen molar-refractivity contribution >= 4 is 37.1 Å². The van der Waals surface area contributed by atoms with Gasteiger partial charge in [-0.2, -0.15) is 21.6 Å². The topological polar surface area (TPSA) is 112 Å². The van der Waals surface area contributed by atoms with E-state index < -0.39 is 46.7 Å². The molecule has 0 radical (unpaired) electrons. The van der Waals surface area contributed by atoms with Gasteiger partial charge >= 0.3 is 22.2 Å². The molecule has 0 aromatic carbocycles. The fourth-order valence-electron chi connectivity index (χ4n) is 1.98. The average molecular weight is 458 g/mol. The van der Waals surface area contributed by atoms with Gasteiger partial charge in [0.2, 0.25) is 0 Å². The van der Waals surface area contributed by atoms with Gasteiger partial charge < -0.3 is 9.47 Å². The number of hydrogen-bond acceptors (Lipinski definition) is 8. The van der Waals surface area contributed by atoms with E-state index >= 15 is 0 Å². The fourth-order valence-corrected chi connectivity index (χ4v) is 6.69. The van der Waals surface area contributed by atoms with Crippen molar-refractivity contribution in [1.82, 2.24) is 4.98 Å². The van der Waals surface area contributed by atoms with Crippen LogP contribution in [0, 0.1) is 0 Å². The first kappa shape index (κ1) is 22.1. The van der Waals surface area contributed by atoms with Gasteiger partial charge in [0.1, 0.15) is 20.3 Å². The standard InChI is InChI=1S/C14H13F3N2O6S3/c1-24-11-9(12(20)25-2)7-26-13(11)28(22,23)19-27(3,21)10-5-4-8(6-18-10)14(15,16)17/h4-7H,1-3H3/t27-/m1/s1. The molecule has 0 aliphatic rings. The highest BCUT2D eigenvalue weighted by atomic mass is 32.3. The minimum atomic E-state index is -4.65. The summed E-state index contributed by atoms with van der Waals surface area (Å²) < 4.78 is 88.0. The van der Waals surface area contributed by atoms with Gasteiger partial charge in [0.05, 0.1) is 19.8 Å². The largest absolute Gasteiger partial charge is 0.493 e. The molecule has 0 spiro atoms. The number of pyridine rings is 1. The normalized spacial score (nSPS) is 14.2. The van der Waals surface area contributed by atoms with E-state index in [1.54, 1.807) is 0 Å². The molecule has 0 aliphatic heterocycles.